The van der Waals surface area contributed by atoms with E-state index in [9.17, 15) is 24.9 Å². The first-order chi connectivity index (χ1) is 29.4. The number of phenols is 2. The van der Waals surface area contributed by atoms with Crippen molar-refractivity contribution in [1.29, 1.82) is 0 Å². The van der Waals surface area contributed by atoms with E-state index in [4.69, 9.17) is 37.6 Å². The van der Waals surface area contributed by atoms with Crippen LogP contribution in [0.15, 0.2) is 75.5 Å². The summed E-state index contributed by atoms with van der Waals surface area (Å²) in [5.74, 6) is 2.12. The highest BCUT2D eigenvalue weighted by molar-refractivity contribution is 6.09. The quantitative estimate of drug-likeness (QED) is 0.109. The topological polar surface area (TPSA) is 173 Å². The van der Waals surface area contributed by atoms with Gasteiger partial charge in [0.2, 0.25) is 0 Å². The molecule has 0 bridgehead atoms. The Morgan fingerprint density at radius 2 is 1.47 bits per heavy atom. The van der Waals surface area contributed by atoms with Crippen LogP contribution in [0.5, 0.6) is 57.5 Å². The number of hydrogen-bond donors (Lipinski definition) is 3. The minimum absolute atomic E-state index is 0.00458. The number of carbonyl (C=O) groups excluding carboxylic acids is 1. The number of carbonyl (C=O) groups is 1. The predicted molar refractivity (Wildman–Crippen MR) is 233 cm³/mol. The van der Waals surface area contributed by atoms with E-state index in [1.165, 1.54) is 32.4 Å². The Balaban J connectivity index is 0.000000171. The second-order valence-electron chi connectivity index (χ2n) is 16.7. The Labute approximate surface area is 358 Å². The van der Waals surface area contributed by atoms with Crippen LogP contribution in [-0.2, 0) is 6.42 Å². The van der Waals surface area contributed by atoms with E-state index in [2.05, 4.69) is 6.08 Å². The number of phenolic OH excluding ortho intramolecular Hbond substituents is 2. The van der Waals surface area contributed by atoms with Crippen LogP contribution >= 0.6 is 0 Å². The van der Waals surface area contributed by atoms with Crippen molar-refractivity contribution in [1.82, 2.24) is 0 Å². The first kappa shape index (κ1) is 41.7. The summed E-state index contributed by atoms with van der Waals surface area (Å²) in [6, 6.07) is 10.9. The Morgan fingerprint density at radius 3 is 2.13 bits per heavy atom. The van der Waals surface area contributed by atoms with Gasteiger partial charge in [-0.25, -0.2) is 4.79 Å². The lowest BCUT2D eigenvalue weighted by Gasteiger charge is -2.39. The maximum absolute atomic E-state index is 13.6. The fourth-order valence-corrected chi connectivity index (χ4v) is 8.17. The van der Waals surface area contributed by atoms with E-state index in [-0.39, 0.29) is 46.3 Å². The van der Waals surface area contributed by atoms with Gasteiger partial charge in [0.25, 0.3) is 0 Å². The molecule has 0 spiro atoms. The van der Waals surface area contributed by atoms with Crippen LogP contribution < -0.4 is 38.8 Å². The predicted octanol–water partition coefficient (Wildman–Crippen LogP) is 9.29. The van der Waals surface area contributed by atoms with Crippen LogP contribution in [0.2, 0.25) is 0 Å². The molecule has 4 aliphatic rings. The molecule has 322 valence electrons. The van der Waals surface area contributed by atoms with Gasteiger partial charge in [0.15, 0.2) is 22.9 Å². The standard InChI is InChI=1S/C26H26O6.C23H22O7/c1-14(2)6-11-17-22-18(12-13-26(3,4)32-22)24-20(23(17)30-5)21(28)19(25(29)31-24)15-7-9-16(27)10-8-15;1-23(2)6-5-11-15(30-23)8-13(24)20-21(25)19-12-7-16(26-3)17(27-4)9-14(12)28-10-18(19)29-22(11)20/h6-10,12-13,27-28H,11H2,1-5H3;5-9,18-19,24H,10H2,1-4H3. The van der Waals surface area contributed by atoms with Crippen molar-refractivity contribution in [2.45, 2.75) is 71.2 Å². The second kappa shape index (κ2) is 15.5. The molecular weight excluding hydrogens is 797 g/mol. The van der Waals surface area contributed by atoms with Crippen LogP contribution in [0, 0.1) is 0 Å². The van der Waals surface area contributed by atoms with Crippen molar-refractivity contribution in [2.24, 2.45) is 0 Å². The highest BCUT2D eigenvalue weighted by Crippen LogP contribution is 2.53. The summed E-state index contributed by atoms with van der Waals surface area (Å²) in [5.41, 5.74) is 2.78. The van der Waals surface area contributed by atoms with Crippen molar-refractivity contribution in [3.8, 4) is 68.6 Å². The van der Waals surface area contributed by atoms with Crippen molar-refractivity contribution in [3.63, 3.8) is 0 Å². The Bertz CT molecular complexity index is 2800. The molecule has 13 nitrogen and oxygen atoms in total. The van der Waals surface area contributed by atoms with Gasteiger partial charge < -0.3 is 52.9 Å². The van der Waals surface area contributed by atoms with Crippen LogP contribution in [0.3, 0.4) is 0 Å². The van der Waals surface area contributed by atoms with E-state index in [1.807, 2.05) is 65.8 Å². The zero-order valence-electron chi connectivity index (χ0n) is 35.9. The first-order valence-corrected chi connectivity index (χ1v) is 20.1. The molecule has 0 radical (unpaired) electrons. The number of ether oxygens (including phenoxy) is 7. The Kier molecular flexibility index (Phi) is 10.4. The summed E-state index contributed by atoms with van der Waals surface area (Å²) in [4.78, 5) is 26.5. The number of methoxy groups -OCH3 is 3. The molecule has 2 unspecified atom stereocenters. The van der Waals surface area contributed by atoms with Gasteiger partial charge in [0.05, 0.1) is 38.4 Å². The smallest absolute Gasteiger partial charge is 0.348 e. The molecular formula is C49H48O13. The van der Waals surface area contributed by atoms with Gasteiger partial charge >= 0.3 is 5.63 Å². The number of ketones is 1. The molecule has 9 rings (SSSR count). The minimum atomic E-state index is -0.694. The van der Waals surface area contributed by atoms with Crippen molar-refractivity contribution in [3.05, 3.63) is 105 Å². The van der Waals surface area contributed by atoms with Gasteiger partial charge in [-0.3, -0.25) is 4.79 Å². The molecule has 1 aromatic heterocycles. The molecule has 0 saturated carbocycles. The lowest BCUT2D eigenvalue weighted by Crippen LogP contribution is -2.43. The SMILES string of the molecule is COc1c(CC=C(C)C)c2c(c3oc(=O)c(-c4ccc(O)cc4)c(O)c13)C=CC(C)(C)O2.COc1cc2c(cc1OC)C1C(=O)c3c(O)cc4c(c3OC1CO2)C=CC(C)(C)O4. The maximum atomic E-state index is 13.6. The monoisotopic (exact) mass is 844 g/mol. The fraction of sp³-hybridized carbons (Fsp3) is 0.306. The number of Topliss-reactive ketones (excluding diaryl/α,β-unsaturated/α-hetero) is 1. The largest absolute Gasteiger partial charge is 0.508 e. The highest BCUT2D eigenvalue weighted by atomic mass is 16.5. The maximum Gasteiger partial charge on any atom is 0.348 e. The van der Waals surface area contributed by atoms with Gasteiger partial charge in [0.1, 0.15) is 86.4 Å². The van der Waals surface area contributed by atoms with Gasteiger partial charge in [-0.05, 0) is 96.0 Å². The summed E-state index contributed by atoms with van der Waals surface area (Å²) >= 11 is 0. The molecule has 5 aromatic rings. The number of aromatic hydroxyl groups is 3. The summed E-state index contributed by atoms with van der Waals surface area (Å²) in [5, 5.41) is 31.9. The third kappa shape index (κ3) is 7.20. The molecule has 0 saturated heterocycles. The molecule has 4 aliphatic heterocycles. The van der Waals surface area contributed by atoms with Gasteiger partial charge in [-0.1, -0.05) is 23.8 Å². The number of hydrogen-bond acceptors (Lipinski definition) is 13. The lowest BCUT2D eigenvalue weighted by atomic mass is 9.80. The summed E-state index contributed by atoms with van der Waals surface area (Å²) in [6.07, 6.45) is 9.54. The van der Waals surface area contributed by atoms with E-state index >= 15 is 0 Å². The zero-order chi connectivity index (χ0) is 44.4. The average Bonchev–Trinajstić information content (AvgIpc) is 3.22. The average molecular weight is 845 g/mol. The van der Waals surface area contributed by atoms with Crippen LogP contribution in [0.1, 0.15) is 80.1 Å². The molecule has 0 amide bonds. The molecule has 0 fully saturated rings. The summed E-state index contributed by atoms with van der Waals surface area (Å²) in [7, 11) is 4.59. The Hall–Kier alpha value is -7.02. The first-order valence-electron chi connectivity index (χ1n) is 20.1. The molecule has 2 atom stereocenters. The van der Waals surface area contributed by atoms with Gasteiger partial charge in [0, 0.05) is 23.3 Å². The van der Waals surface area contributed by atoms with Crippen LogP contribution in [0.25, 0.3) is 34.2 Å². The van der Waals surface area contributed by atoms with E-state index < -0.39 is 28.8 Å². The summed E-state index contributed by atoms with van der Waals surface area (Å²) in [6.45, 7) is 11.9. The van der Waals surface area contributed by atoms with Crippen LogP contribution in [0.4, 0.5) is 0 Å². The number of allylic oxidation sites excluding steroid dienone is 2. The molecule has 5 heterocycles. The summed E-state index contributed by atoms with van der Waals surface area (Å²) < 4.78 is 46.6. The minimum Gasteiger partial charge on any atom is -0.508 e. The fourth-order valence-electron chi connectivity index (χ4n) is 8.17. The molecule has 4 aromatic carbocycles. The van der Waals surface area contributed by atoms with Crippen molar-refractivity contribution in [2.75, 3.05) is 27.9 Å². The van der Waals surface area contributed by atoms with Crippen molar-refractivity contribution >= 4 is 28.9 Å². The molecule has 3 N–H and O–H groups in total. The molecule has 62 heavy (non-hydrogen) atoms. The normalized spacial score (nSPS) is 18.0. The van der Waals surface area contributed by atoms with Gasteiger partial charge in [-0.2, -0.15) is 0 Å². The Morgan fingerprint density at radius 1 is 0.806 bits per heavy atom. The number of benzene rings is 4. The molecule has 13 heteroatoms. The lowest BCUT2D eigenvalue weighted by molar-refractivity contribution is 0.0547. The van der Waals surface area contributed by atoms with E-state index in [0.29, 0.717) is 74.3 Å². The molecule has 0 aliphatic carbocycles. The highest BCUT2D eigenvalue weighted by Gasteiger charge is 2.46. The third-order valence-electron chi connectivity index (χ3n) is 11.2. The van der Waals surface area contributed by atoms with E-state index in [0.717, 1.165) is 11.1 Å². The van der Waals surface area contributed by atoms with Gasteiger partial charge in [-0.15, -0.1) is 0 Å². The van der Waals surface area contributed by atoms with Crippen molar-refractivity contribution < 1.29 is 57.7 Å². The van der Waals surface area contributed by atoms with E-state index in [1.54, 1.807) is 31.4 Å². The third-order valence-corrected chi connectivity index (χ3v) is 11.2. The van der Waals surface area contributed by atoms with Crippen LogP contribution in [-0.4, -0.2) is 66.3 Å². The number of fused-ring (bicyclic) bond motifs is 9. The number of rotatable bonds is 6. The second-order valence-corrected chi connectivity index (χ2v) is 16.7. The zero-order valence-corrected chi connectivity index (χ0v) is 35.9.